The Hall–Kier alpha value is -1.74. The summed E-state index contributed by atoms with van der Waals surface area (Å²) in [5, 5.41) is 0. The van der Waals surface area contributed by atoms with Gasteiger partial charge < -0.3 is 0 Å². The Morgan fingerprint density at radius 2 is 2.00 bits per heavy atom. The van der Waals surface area contributed by atoms with E-state index >= 15 is 0 Å². The molecule has 0 bridgehead atoms. The van der Waals surface area contributed by atoms with Crippen LogP contribution in [-0.4, -0.2) is 21.4 Å². The zero-order valence-corrected chi connectivity index (χ0v) is 10.4. The smallest absolute Gasteiger partial charge is 0.0575 e. The van der Waals surface area contributed by atoms with Gasteiger partial charge in [0.05, 0.1) is 11.7 Å². The first kappa shape index (κ1) is 11.4. The van der Waals surface area contributed by atoms with Gasteiger partial charge in [-0.3, -0.25) is 14.9 Å². The molecule has 92 valence electrons. The molecule has 0 unspecified atom stereocenters. The van der Waals surface area contributed by atoms with E-state index in [4.69, 9.17) is 0 Å². The zero-order valence-electron chi connectivity index (χ0n) is 10.4. The van der Waals surface area contributed by atoms with Gasteiger partial charge in [-0.15, -0.1) is 0 Å². The highest BCUT2D eigenvalue weighted by Gasteiger charge is 2.26. The molecule has 2 aromatic heterocycles. The van der Waals surface area contributed by atoms with Crippen molar-refractivity contribution >= 4 is 0 Å². The largest absolute Gasteiger partial charge is 0.291 e. The van der Waals surface area contributed by atoms with E-state index in [1.54, 1.807) is 0 Å². The van der Waals surface area contributed by atoms with Crippen LogP contribution in [-0.2, 0) is 6.54 Å². The zero-order chi connectivity index (χ0) is 12.2. The minimum Gasteiger partial charge on any atom is -0.291 e. The lowest BCUT2D eigenvalue weighted by Gasteiger charge is -2.23. The summed E-state index contributed by atoms with van der Waals surface area (Å²) in [6, 6.07) is 10.8. The second-order valence-electron chi connectivity index (χ2n) is 4.74. The molecule has 0 amide bonds. The Morgan fingerprint density at radius 1 is 1.11 bits per heavy atom. The molecule has 3 heteroatoms. The van der Waals surface area contributed by atoms with E-state index in [2.05, 4.69) is 39.1 Å². The first-order chi connectivity index (χ1) is 8.93. The summed E-state index contributed by atoms with van der Waals surface area (Å²) in [7, 11) is 0. The van der Waals surface area contributed by atoms with Crippen LogP contribution in [0.5, 0.6) is 0 Å². The fourth-order valence-corrected chi connectivity index (χ4v) is 2.65. The summed E-state index contributed by atoms with van der Waals surface area (Å²) in [5.74, 6) is 0. The van der Waals surface area contributed by atoms with Crippen molar-refractivity contribution < 1.29 is 0 Å². The van der Waals surface area contributed by atoms with Crippen LogP contribution >= 0.6 is 0 Å². The molecule has 1 aliphatic rings. The van der Waals surface area contributed by atoms with Crippen molar-refractivity contribution in [3.05, 3.63) is 60.2 Å². The van der Waals surface area contributed by atoms with Gasteiger partial charge in [0.15, 0.2) is 0 Å². The number of likely N-dealkylation sites (tertiary alicyclic amines) is 1. The van der Waals surface area contributed by atoms with Crippen molar-refractivity contribution in [1.29, 1.82) is 0 Å². The predicted octanol–water partition coefficient (Wildman–Crippen LogP) is 2.81. The lowest BCUT2D eigenvalue weighted by Crippen LogP contribution is -2.23. The Balaban J connectivity index is 1.76. The Morgan fingerprint density at radius 3 is 2.78 bits per heavy atom. The maximum Gasteiger partial charge on any atom is 0.0575 e. The van der Waals surface area contributed by atoms with E-state index in [-0.39, 0.29) is 0 Å². The van der Waals surface area contributed by atoms with Crippen molar-refractivity contribution in [2.75, 3.05) is 6.54 Å². The van der Waals surface area contributed by atoms with Crippen LogP contribution in [0.3, 0.4) is 0 Å². The molecule has 1 fully saturated rings. The minimum atomic E-state index is 0.472. The van der Waals surface area contributed by atoms with Crippen LogP contribution in [0.15, 0.2) is 48.9 Å². The number of hydrogen-bond donors (Lipinski definition) is 0. The SMILES string of the molecule is c1ccc([C@@H]2CCCN2Cc2ccncc2)nc1. The number of nitrogens with zero attached hydrogens (tertiary/aromatic N) is 3. The van der Waals surface area contributed by atoms with Gasteiger partial charge in [0.25, 0.3) is 0 Å². The normalized spacial score (nSPS) is 20.1. The van der Waals surface area contributed by atoms with Gasteiger partial charge in [0.1, 0.15) is 0 Å². The summed E-state index contributed by atoms with van der Waals surface area (Å²) < 4.78 is 0. The summed E-state index contributed by atoms with van der Waals surface area (Å²) in [5.41, 5.74) is 2.52. The van der Waals surface area contributed by atoms with Gasteiger partial charge in [-0.25, -0.2) is 0 Å². The molecule has 0 radical (unpaired) electrons. The van der Waals surface area contributed by atoms with E-state index in [0.717, 1.165) is 13.1 Å². The van der Waals surface area contributed by atoms with E-state index in [1.165, 1.54) is 24.1 Å². The van der Waals surface area contributed by atoms with Gasteiger partial charge >= 0.3 is 0 Å². The van der Waals surface area contributed by atoms with E-state index in [1.807, 2.05) is 24.7 Å². The second kappa shape index (κ2) is 5.27. The third-order valence-corrected chi connectivity index (χ3v) is 3.53. The fourth-order valence-electron chi connectivity index (χ4n) is 2.65. The summed E-state index contributed by atoms with van der Waals surface area (Å²) in [4.78, 5) is 11.1. The van der Waals surface area contributed by atoms with Gasteiger partial charge in [-0.1, -0.05) is 6.07 Å². The van der Waals surface area contributed by atoms with Crippen molar-refractivity contribution in [2.45, 2.75) is 25.4 Å². The van der Waals surface area contributed by atoms with Crippen molar-refractivity contribution in [2.24, 2.45) is 0 Å². The highest BCUT2D eigenvalue weighted by molar-refractivity contribution is 5.14. The van der Waals surface area contributed by atoms with E-state index in [0.29, 0.717) is 6.04 Å². The highest BCUT2D eigenvalue weighted by Crippen LogP contribution is 2.31. The maximum absolute atomic E-state index is 4.50. The van der Waals surface area contributed by atoms with Gasteiger partial charge in [0.2, 0.25) is 0 Å². The molecule has 3 rings (SSSR count). The number of aromatic nitrogens is 2. The highest BCUT2D eigenvalue weighted by atomic mass is 15.2. The van der Waals surface area contributed by atoms with E-state index in [9.17, 15) is 0 Å². The van der Waals surface area contributed by atoms with E-state index < -0.39 is 0 Å². The number of rotatable bonds is 3. The molecule has 3 nitrogen and oxygen atoms in total. The summed E-state index contributed by atoms with van der Waals surface area (Å²) >= 11 is 0. The number of hydrogen-bond acceptors (Lipinski definition) is 3. The van der Waals surface area contributed by atoms with Gasteiger partial charge in [0, 0.05) is 25.1 Å². The fraction of sp³-hybridized carbons (Fsp3) is 0.333. The molecule has 18 heavy (non-hydrogen) atoms. The molecule has 3 heterocycles. The average molecular weight is 239 g/mol. The topological polar surface area (TPSA) is 29.0 Å². The van der Waals surface area contributed by atoms with Gasteiger partial charge in [-0.05, 0) is 49.2 Å². The monoisotopic (exact) mass is 239 g/mol. The van der Waals surface area contributed by atoms with Crippen LogP contribution in [0.4, 0.5) is 0 Å². The molecule has 2 aromatic rings. The molecule has 0 saturated carbocycles. The standard InChI is InChI=1S/C15H17N3/c1-2-8-17-14(4-1)15-5-3-11-18(15)12-13-6-9-16-10-7-13/h1-2,4,6-10,15H,3,5,11-12H2/t15-/m0/s1. The molecular formula is C15H17N3. The first-order valence-corrected chi connectivity index (χ1v) is 6.47. The molecule has 0 aliphatic carbocycles. The molecular weight excluding hydrogens is 222 g/mol. The third-order valence-electron chi connectivity index (χ3n) is 3.53. The van der Waals surface area contributed by atoms with Crippen molar-refractivity contribution in [3.8, 4) is 0 Å². The molecule has 0 N–H and O–H groups in total. The Labute approximate surface area is 108 Å². The summed E-state index contributed by atoms with van der Waals surface area (Å²) in [6.07, 6.45) is 8.08. The first-order valence-electron chi connectivity index (χ1n) is 6.47. The molecule has 0 aromatic carbocycles. The Bertz CT molecular complexity index is 484. The van der Waals surface area contributed by atoms with Gasteiger partial charge in [-0.2, -0.15) is 0 Å². The molecule has 0 spiro atoms. The van der Waals surface area contributed by atoms with Crippen LogP contribution in [0.2, 0.25) is 0 Å². The van der Waals surface area contributed by atoms with Crippen molar-refractivity contribution in [3.63, 3.8) is 0 Å². The van der Waals surface area contributed by atoms with Crippen molar-refractivity contribution in [1.82, 2.24) is 14.9 Å². The number of pyridine rings is 2. The quantitative estimate of drug-likeness (QED) is 0.824. The van der Waals surface area contributed by atoms with Crippen LogP contribution in [0.25, 0.3) is 0 Å². The minimum absolute atomic E-state index is 0.472. The average Bonchev–Trinajstić information content (AvgIpc) is 2.89. The molecule has 1 aliphatic heterocycles. The Kier molecular flexibility index (Phi) is 3.33. The lowest BCUT2D eigenvalue weighted by atomic mass is 10.1. The van der Waals surface area contributed by atoms with Crippen LogP contribution in [0.1, 0.15) is 30.1 Å². The lowest BCUT2D eigenvalue weighted by molar-refractivity contribution is 0.244. The molecule has 1 atom stereocenters. The second-order valence-corrected chi connectivity index (χ2v) is 4.74. The third kappa shape index (κ3) is 2.41. The predicted molar refractivity (Wildman–Crippen MR) is 70.9 cm³/mol. The summed E-state index contributed by atoms with van der Waals surface area (Å²) in [6.45, 7) is 2.15. The maximum atomic E-state index is 4.50. The van der Waals surface area contributed by atoms with Crippen LogP contribution in [0, 0.1) is 0 Å². The molecule has 1 saturated heterocycles. The van der Waals surface area contributed by atoms with Crippen LogP contribution < -0.4 is 0 Å².